The van der Waals surface area contributed by atoms with Crippen molar-refractivity contribution < 1.29 is 0 Å². The van der Waals surface area contributed by atoms with Crippen molar-refractivity contribution in [1.82, 2.24) is 9.13 Å². The van der Waals surface area contributed by atoms with Crippen LogP contribution in [0.1, 0.15) is 5.56 Å². The van der Waals surface area contributed by atoms with Gasteiger partial charge in [0.1, 0.15) is 5.82 Å². The summed E-state index contributed by atoms with van der Waals surface area (Å²) in [5, 5.41) is 0.611. The van der Waals surface area contributed by atoms with Gasteiger partial charge in [-0.25, -0.2) is 9.79 Å². The van der Waals surface area contributed by atoms with E-state index < -0.39 is 11.2 Å². The molecule has 20 heavy (non-hydrogen) atoms. The van der Waals surface area contributed by atoms with Gasteiger partial charge in [0.05, 0.1) is 0 Å². The summed E-state index contributed by atoms with van der Waals surface area (Å²) in [6.07, 6.45) is 1.49. The van der Waals surface area contributed by atoms with E-state index >= 15 is 0 Å². The third kappa shape index (κ3) is 2.50. The maximum atomic E-state index is 12.0. The Hall–Kier alpha value is -2.34. The Balaban J connectivity index is 2.52. The third-order valence-electron chi connectivity index (χ3n) is 2.90. The molecule has 2 rings (SSSR count). The van der Waals surface area contributed by atoms with Crippen LogP contribution in [0.25, 0.3) is 0 Å². The van der Waals surface area contributed by atoms with Crippen LogP contribution in [-0.2, 0) is 14.1 Å². The van der Waals surface area contributed by atoms with E-state index in [4.69, 9.17) is 17.3 Å². The molecule has 0 radical (unpaired) electrons. The molecule has 0 aliphatic rings. The van der Waals surface area contributed by atoms with Crippen LogP contribution in [-0.4, -0.2) is 15.3 Å². The molecule has 0 fully saturated rings. The zero-order valence-electron chi connectivity index (χ0n) is 11.0. The molecule has 2 aromatic rings. The van der Waals surface area contributed by atoms with Crippen molar-refractivity contribution in [3.8, 4) is 0 Å². The summed E-state index contributed by atoms with van der Waals surface area (Å²) in [5.41, 5.74) is 5.54. The fourth-order valence-corrected chi connectivity index (χ4v) is 1.78. The van der Waals surface area contributed by atoms with Gasteiger partial charge in [-0.05, 0) is 17.7 Å². The monoisotopic (exact) mass is 292 g/mol. The largest absolute Gasteiger partial charge is 0.383 e. The number of anilines is 1. The summed E-state index contributed by atoms with van der Waals surface area (Å²) in [6.45, 7) is 0. The van der Waals surface area contributed by atoms with Crippen LogP contribution in [0.4, 0.5) is 11.5 Å². The van der Waals surface area contributed by atoms with Crippen LogP contribution in [0.3, 0.4) is 0 Å². The molecule has 0 amide bonds. The Kier molecular flexibility index (Phi) is 3.76. The lowest BCUT2D eigenvalue weighted by Gasteiger charge is -2.07. The fourth-order valence-electron chi connectivity index (χ4n) is 1.65. The molecular weight excluding hydrogens is 280 g/mol. The van der Waals surface area contributed by atoms with Crippen LogP contribution in [0.5, 0.6) is 0 Å². The van der Waals surface area contributed by atoms with Gasteiger partial charge in [-0.15, -0.1) is 0 Å². The molecule has 0 aliphatic carbocycles. The van der Waals surface area contributed by atoms with E-state index in [-0.39, 0.29) is 11.5 Å². The predicted octanol–water partition coefficient (Wildman–Crippen LogP) is 1.07. The van der Waals surface area contributed by atoms with Gasteiger partial charge >= 0.3 is 5.69 Å². The number of nitrogen functional groups attached to an aromatic ring is 1. The number of hydrogen-bond acceptors (Lipinski definition) is 4. The second-order valence-electron chi connectivity index (χ2n) is 4.25. The normalized spacial score (nSPS) is 11.2. The van der Waals surface area contributed by atoms with Crippen molar-refractivity contribution in [1.29, 1.82) is 0 Å². The van der Waals surface area contributed by atoms with Crippen molar-refractivity contribution in [3.05, 3.63) is 55.7 Å². The molecule has 0 saturated carbocycles. The Labute approximate surface area is 119 Å². The number of rotatable bonds is 2. The molecule has 1 aromatic carbocycles. The first kappa shape index (κ1) is 14.1. The van der Waals surface area contributed by atoms with Gasteiger partial charge in [0.15, 0.2) is 5.69 Å². The number of aliphatic imine (C=N–C) groups is 1. The molecule has 2 N–H and O–H groups in total. The zero-order valence-corrected chi connectivity index (χ0v) is 11.8. The van der Waals surface area contributed by atoms with Crippen LogP contribution >= 0.6 is 11.6 Å². The number of benzene rings is 1. The van der Waals surface area contributed by atoms with Gasteiger partial charge in [-0.2, -0.15) is 0 Å². The summed E-state index contributed by atoms with van der Waals surface area (Å²) in [6, 6.07) is 6.94. The minimum atomic E-state index is -0.532. The Bertz CT molecular complexity index is 788. The average molecular weight is 293 g/mol. The molecule has 6 nitrogen and oxygen atoms in total. The molecule has 1 aromatic heterocycles. The highest BCUT2D eigenvalue weighted by molar-refractivity contribution is 6.30. The summed E-state index contributed by atoms with van der Waals surface area (Å²) in [5.74, 6) is 0.0308. The maximum absolute atomic E-state index is 12.0. The molecular formula is C13H13ClN4O2. The van der Waals surface area contributed by atoms with Crippen LogP contribution < -0.4 is 17.0 Å². The molecule has 0 atom stereocenters. The quantitative estimate of drug-likeness (QED) is 0.841. The van der Waals surface area contributed by atoms with E-state index in [1.54, 1.807) is 24.3 Å². The molecule has 0 bridgehead atoms. The highest BCUT2D eigenvalue weighted by atomic mass is 35.5. The lowest BCUT2D eigenvalue weighted by molar-refractivity contribution is 0.695. The smallest absolute Gasteiger partial charge is 0.332 e. The first-order chi connectivity index (χ1) is 9.41. The Morgan fingerprint density at radius 2 is 1.75 bits per heavy atom. The van der Waals surface area contributed by atoms with Crippen molar-refractivity contribution >= 4 is 29.3 Å². The van der Waals surface area contributed by atoms with E-state index in [9.17, 15) is 9.59 Å². The first-order valence-electron chi connectivity index (χ1n) is 5.77. The van der Waals surface area contributed by atoms with E-state index in [2.05, 4.69) is 4.99 Å². The molecule has 0 saturated heterocycles. The Morgan fingerprint density at radius 1 is 1.15 bits per heavy atom. The summed E-state index contributed by atoms with van der Waals surface area (Å²) >= 11 is 5.78. The molecule has 1 heterocycles. The van der Waals surface area contributed by atoms with Crippen molar-refractivity contribution in [3.63, 3.8) is 0 Å². The van der Waals surface area contributed by atoms with Crippen LogP contribution in [0.15, 0.2) is 38.8 Å². The topological polar surface area (TPSA) is 82.4 Å². The number of hydrogen-bond donors (Lipinski definition) is 1. The highest BCUT2D eigenvalue weighted by Crippen LogP contribution is 2.14. The van der Waals surface area contributed by atoms with Gasteiger partial charge in [0.2, 0.25) is 0 Å². The minimum Gasteiger partial charge on any atom is -0.383 e. The van der Waals surface area contributed by atoms with Crippen molar-refractivity contribution in [2.75, 3.05) is 5.73 Å². The zero-order chi connectivity index (χ0) is 14.9. The third-order valence-corrected chi connectivity index (χ3v) is 3.15. The minimum absolute atomic E-state index is 0.0308. The molecule has 0 unspecified atom stereocenters. The molecule has 104 valence electrons. The van der Waals surface area contributed by atoms with E-state index in [0.717, 1.165) is 10.1 Å². The average Bonchev–Trinajstić information content (AvgIpc) is 2.45. The number of nitrogens with zero attached hydrogens (tertiary/aromatic N) is 3. The molecule has 7 heteroatoms. The highest BCUT2D eigenvalue weighted by Gasteiger charge is 2.11. The molecule has 0 aliphatic heterocycles. The SMILES string of the molecule is Cn1c(N)c(N=Cc2ccc(Cl)cc2)c(=O)n(C)c1=O. The second-order valence-corrected chi connectivity index (χ2v) is 4.69. The van der Waals surface area contributed by atoms with E-state index in [0.29, 0.717) is 5.02 Å². The Morgan fingerprint density at radius 3 is 2.35 bits per heavy atom. The van der Waals surface area contributed by atoms with Crippen LogP contribution in [0.2, 0.25) is 5.02 Å². The number of aromatic nitrogens is 2. The van der Waals surface area contributed by atoms with E-state index in [1.807, 2.05) is 0 Å². The number of nitrogens with two attached hydrogens (primary N) is 1. The lowest BCUT2D eigenvalue weighted by Crippen LogP contribution is -2.37. The lowest BCUT2D eigenvalue weighted by atomic mass is 10.2. The fraction of sp³-hybridized carbons (Fsp3) is 0.154. The van der Waals surface area contributed by atoms with Crippen molar-refractivity contribution in [2.45, 2.75) is 0 Å². The van der Waals surface area contributed by atoms with Gasteiger partial charge in [-0.1, -0.05) is 23.7 Å². The maximum Gasteiger partial charge on any atom is 0.332 e. The number of halogens is 1. The predicted molar refractivity (Wildman–Crippen MR) is 80.0 cm³/mol. The van der Waals surface area contributed by atoms with Gasteiger partial charge in [0.25, 0.3) is 5.56 Å². The standard InChI is InChI=1S/C13H13ClN4O2/c1-17-11(15)10(12(19)18(2)13(17)20)16-7-8-3-5-9(14)6-4-8/h3-7H,15H2,1-2H3. The summed E-state index contributed by atoms with van der Waals surface area (Å²) < 4.78 is 2.14. The second kappa shape index (κ2) is 5.34. The summed E-state index contributed by atoms with van der Waals surface area (Å²) in [4.78, 5) is 27.7. The first-order valence-corrected chi connectivity index (χ1v) is 6.14. The van der Waals surface area contributed by atoms with Crippen molar-refractivity contribution in [2.24, 2.45) is 19.1 Å². The van der Waals surface area contributed by atoms with Gasteiger partial charge in [0, 0.05) is 25.3 Å². The molecule has 0 spiro atoms. The van der Waals surface area contributed by atoms with Gasteiger partial charge in [-0.3, -0.25) is 13.9 Å². The van der Waals surface area contributed by atoms with Gasteiger partial charge < -0.3 is 5.73 Å². The van der Waals surface area contributed by atoms with E-state index in [1.165, 1.54) is 24.9 Å². The van der Waals surface area contributed by atoms with Crippen LogP contribution in [0, 0.1) is 0 Å². The summed E-state index contributed by atoms with van der Waals surface area (Å²) in [7, 11) is 2.86.